The first-order valence-corrected chi connectivity index (χ1v) is 6.11. The molecule has 0 aromatic carbocycles. The first-order valence-electron chi connectivity index (χ1n) is 5.23. The van der Waals surface area contributed by atoms with Crippen molar-refractivity contribution >= 4 is 17.2 Å². The zero-order valence-corrected chi connectivity index (χ0v) is 10.2. The van der Waals surface area contributed by atoms with Gasteiger partial charge < -0.3 is 11.1 Å². The van der Waals surface area contributed by atoms with Crippen molar-refractivity contribution in [2.75, 3.05) is 6.54 Å². The van der Waals surface area contributed by atoms with E-state index in [1.54, 1.807) is 11.5 Å². The van der Waals surface area contributed by atoms with Gasteiger partial charge in [0.05, 0.1) is 5.01 Å². The van der Waals surface area contributed by atoms with Gasteiger partial charge >= 0.3 is 0 Å². The third kappa shape index (κ3) is 3.75. The number of amides is 1. The summed E-state index contributed by atoms with van der Waals surface area (Å²) in [4.78, 5) is 15.9. The molecular formula is C11H17N3OS. The Bertz CT molecular complexity index is 362. The van der Waals surface area contributed by atoms with Crippen LogP contribution in [-0.4, -0.2) is 23.5 Å². The highest BCUT2D eigenvalue weighted by molar-refractivity contribution is 7.09. The maximum absolute atomic E-state index is 11.7. The monoisotopic (exact) mass is 239 g/mol. The van der Waals surface area contributed by atoms with Gasteiger partial charge in [0.25, 0.3) is 5.91 Å². The Hall–Kier alpha value is -1.20. The number of aromatic nitrogens is 1. The van der Waals surface area contributed by atoms with Crippen LogP contribution in [0.2, 0.25) is 0 Å². The Morgan fingerprint density at radius 2 is 2.56 bits per heavy atom. The summed E-state index contributed by atoms with van der Waals surface area (Å²) in [5, 5.41) is 5.53. The zero-order valence-electron chi connectivity index (χ0n) is 9.40. The van der Waals surface area contributed by atoms with E-state index in [1.807, 2.05) is 6.92 Å². The van der Waals surface area contributed by atoms with E-state index in [0.29, 0.717) is 12.2 Å². The zero-order chi connectivity index (χ0) is 12.0. The van der Waals surface area contributed by atoms with E-state index in [0.717, 1.165) is 17.8 Å². The highest BCUT2D eigenvalue weighted by Crippen LogP contribution is 2.10. The molecule has 0 spiro atoms. The van der Waals surface area contributed by atoms with Crippen molar-refractivity contribution in [1.29, 1.82) is 0 Å². The summed E-state index contributed by atoms with van der Waals surface area (Å²) in [6.45, 7) is 6.12. The van der Waals surface area contributed by atoms with Crippen LogP contribution in [0.3, 0.4) is 0 Å². The van der Waals surface area contributed by atoms with Crippen molar-refractivity contribution in [2.45, 2.75) is 25.8 Å². The molecule has 1 amide bonds. The lowest BCUT2D eigenvalue weighted by Gasteiger charge is -2.09. The van der Waals surface area contributed by atoms with Crippen LogP contribution >= 0.6 is 11.3 Å². The molecule has 0 aliphatic heterocycles. The minimum absolute atomic E-state index is 0.0876. The molecule has 1 rings (SSSR count). The van der Waals surface area contributed by atoms with Gasteiger partial charge in [0.2, 0.25) is 0 Å². The van der Waals surface area contributed by atoms with E-state index in [2.05, 4.69) is 16.9 Å². The largest absolute Gasteiger partial charge is 0.348 e. The Kier molecular flexibility index (Phi) is 5.14. The van der Waals surface area contributed by atoms with Gasteiger partial charge in [0.15, 0.2) is 0 Å². The summed E-state index contributed by atoms with van der Waals surface area (Å²) >= 11 is 1.47. The van der Waals surface area contributed by atoms with Crippen LogP contribution in [0, 0.1) is 0 Å². The van der Waals surface area contributed by atoms with E-state index in [-0.39, 0.29) is 11.9 Å². The fourth-order valence-corrected chi connectivity index (χ4v) is 2.05. The maximum Gasteiger partial charge on any atom is 0.270 e. The van der Waals surface area contributed by atoms with Gasteiger partial charge in [-0.15, -0.1) is 17.9 Å². The first-order chi connectivity index (χ1) is 7.67. The van der Waals surface area contributed by atoms with Crippen molar-refractivity contribution in [3.8, 4) is 0 Å². The van der Waals surface area contributed by atoms with E-state index >= 15 is 0 Å². The van der Waals surface area contributed by atoms with E-state index in [9.17, 15) is 4.79 Å². The Morgan fingerprint density at radius 1 is 1.81 bits per heavy atom. The lowest BCUT2D eigenvalue weighted by molar-refractivity contribution is 0.0936. The molecule has 5 heteroatoms. The van der Waals surface area contributed by atoms with Crippen LogP contribution < -0.4 is 11.1 Å². The summed E-state index contributed by atoms with van der Waals surface area (Å²) < 4.78 is 0. The molecule has 0 saturated carbocycles. The predicted molar refractivity (Wildman–Crippen MR) is 66.6 cm³/mol. The second-order valence-electron chi connectivity index (χ2n) is 3.56. The van der Waals surface area contributed by atoms with Crippen LogP contribution in [0.15, 0.2) is 18.0 Å². The number of hydrogen-bond acceptors (Lipinski definition) is 4. The van der Waals surface area contributed by atoms with Gasteiger partial charge in [-0.3, -0.25) is 4.79 Å². The van der Waals surface area contributed by atoms with Gasteiger partial charge in [-0.25, -0.2) is 4.98 Å². The molecule has 0 radical (unpaired) electrons. The summed E-state index contributed by atoms with van der Waals surface area (Å²) in [5.41, 5.74) is 5.90. The minimum atomic E-state index is -0.131. The van der Waals surface area contributed by atoms with Crippen LogP contribution in [-0.2, 0) is 6.42 Å². The van der Waals surface area contributed by atoms with Crippen molar-refractivity contribution in [2.24, 2.45) is 5.73 Å². The number of hydrogen-bond donors (Lipinski definition) is 2. The molecule has 16 heavy (non-hydrogen) atoms. The van der Waals surface area contributed by atoms with E-state index in [4.69, 9.17) is 5.73 Å². The Morgan fingerprint density at radius 3 is 3.19 bits per heavy atom. The second-order valence-corrected chi connectivity index (χ2v) is 4.51. The smallest absolute Gasteiger partial charge is 0.270 e. The van der Waals surface area contributed by atoms with Crippen molar-refractivity contribution in [1.82, 2.24) is 10.3 Å². The standard InChI is InChI=1S/C11H17N3OS/c1-3-4-8(2)13-11(15)9-7-16-10(14-9)5-6-12/h3,7-8H,1,4-6,12H2,2H3,(H,13,15). The van der Waals surface area contributed by atoms with Gasteiger partial charge in [0, 0.05) is 17.8 Å². The molecule has 0 aliphatic carbocycles. The van der Waals surface area contributed by atoms with Crippen LogP contribution in [0.4, 0.5) is 0 Å². The number of nitrogens with one attached hydrogen (secondary N) is 1. The van der Waals surface area contributed by atoms with Gasteiger partial charge in [-0.05, 0) is 19.9 Å². The molecule has 1 heterocycles. The van der Waals surface area contributed by atoms with E-state index in [1.165, 1.54) is 11.3 Å². The van der Waals surface area contributed by atoms with Crippen LogP contribution in [0.1, 0.15) is 28.8 Å². The lowest BCUT2D eigenvalue weighted by Crippen LogP contribution is -2.32. The van der Waals surface area contributed by atoms with E-state index < -0.39 is 0 Å². The average Bonchev–Trinajstić information content (AvgIpc) is 2.67. The molecule has 88 valence electrons. The molecule has 0 fully saturated rings. The highest BCUT2D eigenvalue weighted by Gasteiger charge is 2.12. The third-order valence-electron chi connectivity index (χ3n) is 2.04. The molecule has 1 aromatic rings. The molecule has 0 bridgehead atoms. The fraction of sp³-hybridized carbons (Fsp3) is 0.455. The van der Waals surface area contributed by atoms with Crippen LogP contribution in [0.5, 0.6) is 0 Å². The second kappa shape index (κ2) is 6.40. The number of nitrogens with two attached hydrogens (primary N) is 1. The fourth-order valence-electron chi connectivity index (χ4n) is 1.26. The van der Waals surface area contributed by atoms with Crippen molar-refractivity contribution in [3.63, 3.8) is 0 Å². The molecule has 0 aliphatic rings. The average molecular weight is 239 g/mol. The molecular weight excluding hydrogens is 222 g/mol. The van der Waals surface area contributed by atoms with Crippen LogP contribution in [0.25, 0.3) is 0 Å². The number of nitrogens with zero attached hydrogens (tertiary/aromatic N) is 1. The summed E-state index contributed by atoms with van der Waals surface area (Å²) in [7, 11) is 0. The predicted octanol–water partition coefficient (Wildman–Crippen LogP) is 1.34. The number of carbonyl (C=O) groups excluding carboxylic acids is 1. The minimum Gasteiger partial charge on any atom is -0.348 e. The topological polar surface area (TPSA) is 68.0 Å². The highest BCUT2D eigenvalue weighted by atomic mass is 32.1. The molecule has 4 nitrogen and oxygen atoms in total. The Labute approximate surface area is 99.6 Å². The maximum atomic E-state index is 11.7. The van der Waals surface area contributed by atoms with Gasteiger partial charge in [0.1, 0.15) is 5.69 Å². The van der Waals surface area contributed by atoms with Gasteiger partial charge in [-0.2, -0.15) is 0 Å². The van der Waals surface area contributed by atoms with Crippen molar-refractivity contribution in [3.05, 3.63) is 28.7 Å². The lowest BCUT2D eigenvalue weighted by atomic mass is 10.2. The third-order valence-corrected chi connectivity index (χ3v) is 2.95. The molecule has 1 aromatic heterocycles. The summed E-state index contributed by atoms with van der Waals surface area (Å²) in [5.74, 6) is -0.131. The van der Waals surface area contributed by atoms with Crippen molar-refractivity contribution < 1.29 is 4.79 Å². The number of rotatable bonds is 6. The first kappa shape index (κ1) is 12.9. The Balaban J connectivity index is 2.55. The summed E-state index contributed by atoms with van der Waals surface area (Å²) in [6, 6.07) is 0.0876. The molecule has 1 unspecified atom stereocenters. The SMILES string of the molecule is C=CCC(C)NC(=O)c1csc(CCN)n1. The number of carbonyl (C=O) groups is 1. The quantitative estimate of drug-likeness (QED) is 0.736. The van der Waals surface area contributed by atoms with Gasteiger partial charge in [-0.1, -0.05) is 6.08 Å². The molecule has 3 N–H and O–H groups in total. The number of thiazole rings is 1. The molecule has 0 saturated heterocycles. The normalized spacial score (nSPS) is 12.1. The summed E-state index contributed by atoms with van der Waals surface area (Å²) in [6.07, 6.45) is 3.26. The molecule has 1 atom stereocenters.